The molecule has 1 heterocycles. The Balaban J connectivity index is 2.08. The molecule has 0 aliphatic carbocycles. The van der Waals surface area contributed by atoms with Crippen LogP contribution in [0.25, 0.3) is 0 Å². The smallest absolute Gasteiger partial charge is 0.202 e. The number of aromatic nitrogens is 2. The number of nitrogens with zero attached hydrogens (tertiary/aromatic N) is 2. The molecule has 4 heteroatoms. The van der Waals surface area contributed by atoms with E-state index in [1.807, 2.05) is 0 Å². The van der Waals surface area contributed by atoms with Crippen LogP contribution in [0.2, 0.25) is 0 Å². The highest BCUT2D eigenvalue weighted by atomic mass is 32.1. The molecule has 0 spiro atoms. The molecule has 0 fully saturated rings. The van der Waals surface area contributed by atoms with Crippen LogP contribution in [0.15, 0.2) is 30.6 Å². The molecule has 0 saturated heterocycles. The number of rotatable bonds is 3. The standard InChI is InChI=1S/C11H13N3S/c1-8-3-5-10(6-4-8)9(2)14-11-12-7-13-15-11/h3-7,9H,1-2H3,(H,12,13,14). The second-order valence-electron chi connectivity index (χ2n) is 3.52. The lowest BCUT2D eigenvalue weighted by molar-refractivity contribution is 0.881. The molecule has 2 aromatic rings. The first kappa shape index (κ1) is 10.1. The highest BCUT2D eigenvalue weighted by Crippen LogP contribution is 2.19. The van der Waals surface area contributed by atoms with Crippen LogP contribution in [-0.4, -0.2) is 9.36 Å². The maximum absolute atomic E-state index is 4.10. The molecule has 3 nitrogen and oxygen atoms in total. The van der Waals surface area contributed by atoms with E-state index in [2.05, 4.69) is 52.8 Å². The van der Waals surface area contributed by atoms with Gasteiger partial charge >= 0.3 is 0 Å². The fourth-order valence-electron chi connectivity index (χ4n) is 1.36. The Labute approximate surface area is 93.4 Å². The van der Waals surface area contributed by atoms with Crippen LogP contribution in [0.3, 0.4) is 0 Å². The highest BCUT2D eigenvalue weighted by Gasteiger charge is 2.06. The van der Waals surface area contributed by atoms with Gasteiger partial charge in [-0.2, -0.15) is 4.37 Å². The normalized spacial score (nSPS) is 12.4. The molecule has 1 aromatic heterocycles. The van der Waals surface area contributed by atoms with Crippen LogP contribution in [0, 0.1) is 6.92 Å². The summed E-state index contributed by atoms with van der Waals surface area (Å²) in [6.07, 6.45) is 1.56. The third-order valence-corrected chi connectivity index (χ3v) is 2.87. The Morgan fingerprint density at radius 1 is 1.27 bits per heavy atom. The minimum atomic E-state index is 0.263. The average Bonchev–Trinajstić information content (AvgIpc) is 2.71. The molecule has 0 aliphatic rings. The number of hydrogen-bond acceptors (Lipinski definition) is 4. The summed E-state index contributed by atoms with van der Waals surface area (Å²) in [7, 11) is 0. The van der Waals surface area contributed by atoms with E-state index in [4.69, 9.17) is 0 Å². The van der Waals surface area contributed by atoms with Gasteiger partial charge in [0.1, 0.15) is 6.33 Å². The Morgan fingerprint density at radius 3 is 2.60 bits per heavy atom. The van der Waals surface area contributed by atoms with Crippen molar-refractivity contribution in [3.05, 3.63) is 41.7 Å². The summed E-state index contributed by atoms with van der Waals surface area (Å²) < 4.78 is 3.95. The molecule has 1 N–H and O–H groups in total. The number of nitrogens with one attached hydrogen (secondary N) is 1. The zero-order chi connectivity index (χ0) is 10.7. The Kier molecular flexibility index (Phi) is 2.97. The lowest BCUT2D eigenvalue weighted by atomic mass is 10.1. The molecule has 0 radical (unpaired) electrons. The number of hydrogen-bond donors (Lipinski definition) is 1. The van der Waals surface area contributed by atoms with Crippen molar-refractivity contribution in [2.45, 2.75) is 19.9 Å². The van der Waals surface area contributed by atoms with Gasteiger partial charge in [-0.1, -0.05) is 29.8 Å². The lowest BCUT2D eigenvalue weighted by Crippen LogP contribution is -2.05. The van der Waals surface area contributed by atoms with Crippen molar-refractivity contribution in [1.29, 1.82) is 0 Å². The molecule has 15 heavy (non-hydrogen) atoms. The van der Waals surface area contributed by atoms with E-state index in [0.29, 0.717) is 0 Å². The minimum absolute atomic E-state index is 0.263. The van der Waals surface area contributed by atoms with Crippen molar-refractivity contribution in [3.8, 4) is 0 Å². The van der Waals surface area contributed by atoms with Crippen molar-refractivity contribution in [3.63, 3.8) is 0 Å². The maximum Gasteiger partial charge on any atom is 0.202 e. The van der Waals surface area contributed by atoms with Crippen molar-refractivity contribution >= 4 is 16.7 Å². The van der Waals surface area contributed by atoms with Gasteiger partial charge in [0.25, 0.3) is 0 Å². The lowest BCUT2D eigenvalue weighted by Gasteiger charge is -2.12. The molecule has 0 saturated carbocycles. The first-order chi connectivity index (χ1) is 7.25. The van der Waals surface area contributed by atoms with Crippen molar-refractivity contribution in [1.82, 2.24) is 9.36 Å². The van der Waals surface area contributed by atoms with Gasteiger partial charge in [-0.25, -0.2) is 4.98 Å². The Hall–Kier alpha value is -1.42. The van der Waals surface area contributed by atoms with Gasteiger partial charge in [-0.05, 0) is 19.4 Å². The number of aryl methyl sites for hydroxylation is 1. The van der Waals surface area contributed by atoms with Gasteiger partial charge in [0, 0.05) is 11.5 Å². The molecule has 1 aromatic carbocycles. The molecule has 0 bridgehead atoms. The average molecular weight is 219 g/mol. The zero-order valence-electron chi connectivity index (χ0n) is 8.77. The molecule has 0 aliphatic heterocycles. The fourth-order valence-corrected chi connectivity index (χ4v) is 1.88. The van der Waals surface area contributed by atoms with E-state index in [-0.39, 0.29) is 6.04 Å². The summed E-state index contributed by atoms with van der Waals surface area (Å²) in [4.78, 5) is 4.10. The predicted octanol–water partition coefficient (Wildman–Crippen LogP) is 3.02. The summed E-state index contributed by atoms with van der Waals surface area (Å²) >= 11 is 1.38. The van der Waals surface area contributed by atoms with Gasteiger partial charge in [-0.15, -0.1) is 0 Å². The van der Waals surface area contributed by atoms with Crippen LogP contribution in [0.5, 0.6) is 0 Å². The quantitative estimate of drug-likeness (QED) is 0.862. The van der Waals surface area contributed by atoms with E-state index >= 15 is 0 Å². The van der Waals surface area contributed by atoms with E-state index in [1.54, 1.807) is 6.33 Å². The van der Waals surface area contributed by atoms with Crippen molar-refractivity contribution in [2.24, 2.45) is 0 Å². The van der Waals surface area contributed by atoms with Gasteiger partial charge < -0.3 is 5.32 Å². The van der Waals surface area contributed by atoms with E-state index in [1.165, 1.54) is 22.7 Å². The van der Waals surface area contributed by atoms with E-state index < -0.39 is 0 Å². The predicted molar refractivity (Wildman–Crippen MR) is 63.1 cm³/mol. The summed E-state index contributed by atoms with van der Waals surface area (Å²) in [5.74, 6) is 0. The summed E-state index contributed by atoms with van der Waals surface area (Å²) in [6, 6.07) is 8.77. The van der Waals surface area contributed by atoms with Crippen molar-refractivity contribution in [2.75, 3.05) is 5.32 Å². The summed E-state index contributed by atoms with van der Waals surface area (Å²) in [5.41, 5.74) is 2.54. The molecule has 0 amide bonds. The summed E-state index contributed by atoms with van der Waals surface area (Å²) in [6.45, 7) is 4.21. The third-order valence-electron chi connectivity index (χ3n) is 2.28. The first-order valence-corrected chi connectivity index (χ1v) is 5.63. The molecule has 1 atom stereocenters. The Morgan fingerprint density at radius 2 is 2.00 bits per heavy atom. The van der Waals surface area contributed by atoms with E-state index in [0.717, 1.165) is 5.13 Å². The third kappa shape index (κ3) is 2.53. The van der Waals surface area contributed by atoms with Crippen LogP contribution in [0.4, 0.5) is 5.13 Å². The second kappa shape index (κ2) is 4.40. The van der Waals surface area contributed by atoms with Crippen LogP contribution < -0.4 is 5.32 Å². The number of benzene rings is 1. The summed E-state index contributed by atoms with van der Waals surface area (Å²) in [5, 5.41) is 4.17. The molecular weight excluding hydrogens is 206 g/mol. The molecule has 2 rings (SSSR count). The SMILES string of the molecule is Cc1ccc(C(C)Nc2ncns2)cc1. The number of anilines is 1. The fraction of sp³-hybridized carbons (Fsp3) is 0.273. The molecule has 78 valence electrons. The minimum Gasteiger partial charge on any atom is -0.354 e. The van der Waals surface area contributed by atoms with E-state index in [9.17, 15) is 0 Å². The second-order valence-corrected chi connectivity index (χ2v) is 4.30. The zero-order valence-corrected chi connectivity index (χ0v) is 9.58. The van der Waals surface area contributed by atoms with Gasteiger partial charge in [0.15, 0.2) is 0 Å². The van der Waals surface area contributed by atoms with Gasteiger partial charge in [0.2, 0.25) is 5.13 Å². The maximum atomic E-state index is 4.10. The highest BCUT2D eigenvalue weighted by molar-refractivity contribution is 7.09. The van der Waals surface area contributed by atoms with Crippen molar-refractivity contribution < 1.29 is 0 Å². The topological polar surface area (TPSA) is 37.8 Å². The van der Waals surface area contributed by atoms with Gasteiger partial charge in [0.05, 0.1) is 6.04 Å². The Bertz CT molecular complexity index is 408. The molecule has 1 unspecified atom stereocenters. The largest absolute Gasteiger partial charge is 0.354 e. The van der Waals surface area contributed by atoms with Crippen LogP contribution >= 0.6 is 11.5 Å². The van der Waals surface area contributed by atoms with Crippen LogP contribution in [0.1, 0.15) is 24.1 Å². The first-order valence-electron chi connectivity index (χ1n) is 4.85. The molecular formula is C11H13N3S. The van der Waals surface area contributed by atoms with Crippen LogP contribution in [-0.2, 0) is 0 Å². The van der Waals surface area contributed by atoms with Gasteiger partial charge in [-0.3, -0.25) is 0 Å². The monoisotopic (exact) mass is 219 g/mol.